The van der Waals surface area contributed by atoms with Crippen molar-refractivity contribution in [3.8, 4) is 11.5 Å². The normalized spacial score (nSPS) is 15.6. The molecule has 0 radical (unpaired) electrons. The molecule has 1 unspecified atom stereocenters. The van der Waals surface area contributed by atoms with Gasteiger partial charge in [-0.2, -0.15) is 0 Å². The molecule has 0 fully saturated rings. The zero-order chi connectivity index (χ0) is 13.3. The van der Waals surface area contributed by atoms with Crippen molar-refractivity contribution in [1.82, 2.24) is 0 Å². The third-order valence-electron chi connectivity index (χ3n) is 2.97. The molecule has 1 aromatic carbocycles. The summed E-state index contributed by atoms with van der Waals surface area (Å²) in [6.07, 6.45) is 0. The minimum Gasteiger partial charge on any atom is -0.486 e. The first-order valence-corrected chi connectivity index (χ1v) is 5.92. The molecule has 3 N–H and O–H groups in total. The van der Waals surface area contributed by atoms with E-state index in [9.17, 15) is 4.79 Å². The first-order chi connectivity index (χ1) is 8.50. The van der Waals surface area contributed by atoms with Crippen molar-refractivity contribution in [3.05, 3.63) is 23.3 Å². The molecule has 1 aliphatic rings. The Kier molecular flexibility index (Phi) is 3.43. The van der Waals surface area contributed by atoms with Crippen LogP contribution < -0.4 is 15.2 Å². The molecule has 0 amide bonds. The van der Waals surface area contributed by atoms with Crippen LogP contribution in [0.3, 0.4) is 0 Å². The van der Waals surface area contributed by atoms with Gasteiger partial charge in [0.2, 0.25) is 0 Å². The molecule has 0 saturated carbocycles. The Morgan fingerprint density at radius 2 is 1.72 bits per heavy atom. The molecule has 2 rings (SSSR count). The number of hydrogen-bond acceptors (Lipinski definition) is 4. The number of benzene rings is 1. The maximum absolute atomic E-state index is 11.0. The molecule has 1 heterocycles. The van der Waals surface area contributed by atoms with Crippen molar-refractivity contribution in [2.24, 2.45) is 5.73 Å². The van der Waals surface area contributed by atoms with E-state index in [4.69, 9.17) is 20.3 Å². The van der Waals surface area contributed by atoms with E-state index in [1.807, 2.05) is 19.9 Å². The summed E-state index contributed by atoms with van der Waals surface area (Å²) in [5.74, 6) is 0.346. The van der Waals surface area contributed by atoms with Gasteiger partial charge < -0.3 is 20.3 Å². The highest BCUT2D eigenvalue weighted by Crippen LogP contribution is 2.37. The summed E-state index contributed by atoms with van der Waals surface area (Å²) in [6.45, 7) is 4.96. The van der Waals surface area contributed by atoms with E-state index in [-0.39, 0.29) is 5.92 Å². The molecular formula is C13H17NO4. The minimum absolute atomic E-state index is 0.168. The van der Waals surface area contributed by atoms with Crippen molar-refractivity contribution < 1.29 is 19.4 Å². The summed E-state index contributed by atoms with van der Waals surface area (Å²) < 4.78 is 11.0. The summed E-state index contributed by atoms with van der Waals surface area (Å²) in [5, 5.41) is 9.05. The molecular weight excluding hydrogens is 234 g/mol. The van der Waals surface area contributed by atoms with Gasteiger partial charge in [0.05, 0.1) is 0 Å². The van der Waals surface area contributed by atoms with E-state index >= 15 is 0 Å². The smallest absolute Gasteiger partial charge is 0.325 e. The number of fused-ring (bicyclic) bond motifs is 1. The molecule has 0 aliphatic carbocycles. The summed E-state index contributed by atoms with van der Waals surface area (Å²) in [4.78, 5) is 11.0. The summed E-state index contributed by atoms with van der Waals surface area (Å²) >= 11 is 0. The molecule has 0 saturated heterocycles. The van der Waals surface area contributed by atoms with E-state index in [0.29, 0.717) is 30.3 Å². The van der Waals surface area contributed by atoms with Gasteiger partial charge in [0.1, 0.15) is 19.3 Å². The Morgan fingerprint density at radius 1 is 1.22 bits per heavy atom. The van der Waals surface area contributed by atoms with Crippen molar-refractivity contribution in [2.45, 2.75) is 25.8 Å². The van der Waals surface area contributed by atoms with Gasteiger partial charge in [0.15, 0.2) is 11.5 Å². The molecule has 98 valence electrons. The van der Waals surface area contributed by atoms with Crippen molar-refractivity contribution >= 4 is 5.97 Å². The van der Waals surface area contributed by atoms with Crippen LogP contribution in [0.25, 0.3) is 0 Å². The average Bonchev–Trinajstić information content (AvgIpc) is 2.36. The lowest BCUT2D eigenvalue weighted by Crippen LogP contribution is -2.23. The number of carboxylic acid groups (broad SMARTS) is 1. The number of aliphatic carboxylic acids is 1. The second kappa shape index (κ2) is 4.86. The van der Waals surface area contributed by atoms with Gasteiger partial charge in [-0.1, -0.05) is 13.8 Å². The van der Waals surface area contributed by atoms with E-state index in [0.717, 1.165) is 5.56 Å². The van der Waals surface area contributed by atoms with E-state index in [1.54, 1.807) is 6.07 Å². The first-order valence-electron chi connectivity index (χ1n) is 5.92. The largest absolute Gasteiger partial charge is 0.486 e. The highest BCUT2D eigenvalue weighted by Gasteiger charge is 2.24. The molecule has 5 nitrogen and oxygen atoms in total. The first kappa shape index (κ1) is 12.7. The molecule has 5 heteroatoms. The van der Waals surface area contributed by atoms with Gasteiger partial charge in [-0.3, -0.25) is 4.79 Å². The number of nitrogens with two attached hydrogens (primary N) is 1. The van der Waals surface area contributed by atoms with Crippen LogP contribution in [-0.2, 0) is 4.79 Å². The molecule has 1 atom stereocenters. The van der Waals surface area contributed by atoms with E-state index in [1.165, 1.54) is 0 Å². The third kappa shape index (κ3) is 2.26. The van der Waals surface area contributed by atoms with Gasteiger partial charge in [-0.25, -0.2) is 0 Å². The second-order valence-electron chi connectivity index (χ2n) is 4.60. The molecule has 0 bridgehead atoms. The number of ether oxygens (including phenoxy) is 2. The van der Waals surface area contributed by atoms with Crippen molar-refractivity contribution in [1.29, 1.82) is 0 Å². The van der Waals surface area contributed by atoms with Crippen LogP contribution in [0.1, 0.15) is 36.9 Å². The maximum atomic E-state index is 11.0. The van der Waals surface area contributed by atoms with Crippen LogP contribution in [0.15, 0.2) is 12.1 Å². The number of rotatable bonds is 3. The Morgan fingerprint density at radius 3 is 2.17 bits per heavy atom. The highest BCUT2D eigenvalue weighted by atomic mass is 16.6. The Balaban J connectivity index is 2.52. The zero-order valence-electron chi connectivity index (χ0n) is 10.5. The van der Waals surface area contributed by atoms with Gasteiger partial charge in [0.25, 0.3) is 0 Å². The Hall–Kier alpha value is -1.75. The van der Waals surface area contributed by atoms with Gasteiger partial charge in [-0.05, 0) is 29.2 Å². The van der Waals surface area contributed by atoms with Gasteiger partial charge in [-0.15, -0.1) is 0 Å². The van der Waals surface area contributed by atoms with Crippen molar-refractivity contribution in [2.75, 3.05) is 13.2 Å². The monoisotopic (exact) mass is 251 g/mol. The van der Waals surface area contributed by atoms with Crippen molar-refractivity contribution in [3.63, 3.8) is 0 Å². The van der Waals surface area contributed by atoms with Crippen LogP contribution in [-0.4, -0.2) is 24.3 Å². The van der Waals surface area contributed by atoms with E-state index < -0.39 is 12.0 Å². The van der Waals surface area contributed by atoms with Crippen LogP contribution in [0.4, 0.5) is 0 Å². The topological polar surface area (TPSA) is 81.8 Å². The molecule has 1 aromatic rings. The summed E-state index contributed by atoms with van der Waals surface area (Å²) in [6, 6.07) is 2.47. The molecule has 1 aliphatic heterocycles. The van der Waals surface area contributed by atoms with Gasteiger partial charge in [0, 0.05) is 0 Å². The maximum Gasteiger partial charge on any atom is 0.325 e. The standard InChI is InChI=1S/C13H17NO4/c1-7(2)8-5-10-11(18-4-3-17-10)6-9(8)12(14)13(15)16/h5-7,12H,3-4,14H2,1-2H3,(H,15,16). The Bertz CT molecular complexity index is 470. The highest BCUT2D eigenvalue weighted by molar-refractivity contribution is 5.76. The SMILES string of the molecule is CC(C)c1cc2c(cc1C(N)C(=O)O)OCCO2. The predicted octanol–water partition coefficient (Wildman–Crippen LogP) is 1.67. The zero-order valence-corrected chi connectivity index (χ0v) is 10.5. The lowest BCUT2D eigenvalue weighted by atomic mass is 9.92. The predicted molar refractivity (Wildman–Crippen MR) is 66.1 cm³/mol. The van der Waals surface area contributed by atoms with E-state index in [2.05, 4.69) is 0 Å². The quantitative estimate of drug-likeness (QED) is 0.853. The third-order valence-corrected chi connectivity index (χ3v) is 2.97. The lowest BCUT2D eigenvalue weighted by Gasteiger charge is -2.23. The summed E-state index contributed by atoms with van der Waals surface area (Å²) in [5.41, 5.74) is 7.18. The number of carbonyl (C=O) groups is 1. The average molecular weight is 251 g/mol. The summed E-state index contributed by atoms with van der Waals surface area (Å²) in [7, 11) is 0. The second-order valence-corrected chi connectivity index (χ2v) is 4.60. The molecule has 18 heavy (non-hydrogen) atoms. The van der Waals surface area contributed by atoms with Crippen LogP contribution in [0, 0.1) is 0 Å². The van der Waals surface area contributed by atoms with Crippen LogP contribution in [0.2, 0.25) is 0 Å². The molecule has 0 aromatic heterocycles. The minimum atomic E-state index is -1.05. The number of carboxylic acids is 1. The fraction of sp³-hybridized carbons (Fsp3) is 0.462. The fourth-order valence-corrected chi connectivity index (χ4v) is 2.02. The fourth-order valence-electron chi connectivity index (χ4n) is 2.02. The van der Waals surface area contributed by atoms with Gasteiger partial charge >= 0.3 is 5.97 Å². The Labute approximate surface area is 106 Å². The van der Waals surface area contributed by atoms with Crippen LogP contribution in [0.5, 0.6) is 11.5 Å². The molecule has 0 spiro atoms. The number of hydrogen-bond donors (Lipinski definition) is 2. The lowest BCUT2D eigenvalue weighted by molar-refractivity contribution is -0.138. The van der Waals surface area contributed by atoms with Crippen LogP contribution >= 0.6 is 0 Å².